The van der Waals surface area contributed by atoms with E-state index >= 15 is 0 Å². The van der Waals surface area contributed by atoms with Gasteiger partial charge in [0.25, 0.3) is 0 Å². The van der Waals surface area contributed by atoms with Gasteiger partial charge >= 0.3 is 5.97 Å². The second kappa shape index (κ2) is 5.80. The molecule has 0 amide bonds. The van der Waals surface area contributed by atoms with E-state index in [2.05, 4.69) is 0 Å². The van der Waals surface area contributed by atoms with Crippen molar-refractivity contribution < 1.29 is 14.3 Å². The molecule has 1 aromatic rings. The van der Waals surface area contributed by atoms with E-state index in [1.807, 2.05) is 6.07 Å². The highest BCUT2D eigenvalue weighted by molar-refractivity contribution is 5.80. The van der Waals surface area contributed by atoms with Gasteiger partial charge in [-0.15, -0.1) is 0 Å². The highest BCUT2D eigenvalue weighted by atomic mass is 16.5. The Bertz CT molecular complexity index is 486. The Labute approximate surface area is 99.8 Å². The SMILES string of the molecule is CCOC(=O)Cc1cc(C=O)c(C)cc1C#N. The van der Waals surface area contributed by atoms with E-state index < -0.39 is 5.97 Å². The Kier molecular flexibility index (Phi) is 4.41. The number of aryl methyl sites for hydroxylation is 1. The summed E-state index contributed by atoms with van der Waals surface area (Å²) >= 11 is 0. The molecule has 0 N–H and O–H groups in total. The number of carbonyl (C=O) groups is 2. The fourth-order valence-corrected chi connectivity index (χ4v) is 1.52. The van der Waals surface area contributed by atoms with Crippen molar-refractivity contribution in [3.63, 3.8) is 0 Å². The van der Waals surface area contributed by atoms with E-state index in [-0.39, 0.29) is 6.42 Å². The molecule has 88 valence electrons. The molecule has 0 spiro atoms. The van der Waals surface area contributed by atoms with Gasteiger partial charge in [-0.1, -0.05) is 0 Å². The zero-order valence-corrected chi connectivity index (χ0v) is 9.82. The summed E-state index contributed by atoms with van der Waals surface area (Å²) in [5.74, 6) is -0.398. The van der Waals surface area contributed by atoms with Gasteiger partial charge in [-0.05, 0) is 37.1 Å². The van der Waals surface area contributed by atoms with E-state index in [1.165, 1.54) is 0 Å². The quantitative estimate of drug-likeness (QED) is 0.585. The second-order valence-corrected chi connectivity index (χ2v) is 3.58. The molecule has 0 aliphatic heterocycles. The molecule has 0 unspecified atom stereocenters. The van der Waals surface area contributed by atoms with Gasteiger partial charge in [0, 0.05) is 5.56 Å². The standard InChI is InChI=1S/C13H13NO3/c1-3-17-13(16)6-10-5-12(8-15)9(2)4-11(10)7-14/h4-5,8H,3,6H2,1-2H3. The Balaban J connectivity index is 3.09. The predicted molar refractivity (Wildman–Crippen MR) is 61.6 cm³/mol. The average molecular weight is 231 g/mol. The zero-order chi connectivity index (χ0) is 12.8. The van der Waals surface area contributed by atoms with Gasteiger partial charge in [-0.3, -0.25) is 9.59 Å². The maximum atomic E-state index is 11.3. The summed E-state index contributed by atoms with van der Waals surface area (Å²) in [4.78, 5) is 22.1. The van der Waals surface area contributed by atoms with Crippen LogP contribution in [0.4, 0.5) is 0 Å². The minimum atomic E-state index is -0.398. The first-order valence-electron chi connectivity index (χ1n) is 5.26. The van der Waals surface area contributed by atoms with Crippen molar-refractivity contribution in [3.8, 4) is 6.07 Å². The Morgan fingerprint density at radius 1 is 1.53 bits per heavy atom. The Morgan fingerprint density at radius 3 is 2.76 bits per heavy atom. The van der Waals surface area contributed by atoms with Crippen molar-refractivity contribution in [1.29, 1.82) is 5.26 Å². The van der Waals surface area contributed by atoms with Gasteiger partial charge < -0.3 is 4.74 Å². The molecular weight excluding hydrogens is 218 g/mol. The molecule has 4 nitrogen and oxygen atoms in total. The number of hydrogen-bond donors (Lipinski definition) is 0. The fourth-order valence-electron chi connectivity index (χ4n) is 1.52. The molecule has 0 atom stereocenters. The molecule has 0 aliphatic rings. The van der Waals surface area contributed by atoms with Crippen LogP contribution in [0.2, 0.25) is 0 Å². The van der Waals surface area contributed by atoms with E-state index in [4.69, 9.17) is 10.00 Å². The first-order valence-corrected chi connectivity index (χ1v) is 5.26. The molecule has 0 aromatic heterocycles. The third-order valence-electron chi connectivity index (χ3n) is 2.38. The summed E-state index contributed by atoms with van der Waals surface area (Å²) in [7, 11) is 0. The maximum Gasteiger partial charge on any atom is 0.310 e. The van der Waals surface area contributed by atoms with Crippen LogP contribution in [0.5, 0.6) is 0 Å². The van der Waals surface area contributed by atoms with E-state index in [9.17, 15) is 9.59 Å². The first kappa shape index (κ1) is 12.9. The molecule has 1 aromatic carbocycles. The van der Waals surface area contributed by atoms with Crippen molar-refractivity contribution in [3.05, 3.63) is 34.4 Å². The largest absolute Gasteiger partial charge is 0.466 e. The van der Waals surface area contributed by atoms with Gasteiger partial charge in [0.05, 0.1) is 24.7 Å². The van der Waals surface area contributed by atoms with Crippen LogP contribution in [0.25, 0.3) is 0 Å². The van der Waals surface area contributed by atoms with Crippen LogP contribution < -0.4 is 0 Å². The highest BCUT2D eigenvalue weighted by Gasteiger charge is 2.11. The van der Waals surface area contributed by atoms with E-state index in [1.54, 1.807) is 26.0 Å². The lowest BCUT2D eigenvalue weighted by molar-refractivity contribution is -0.142. The molecule has 1 rings (SSSR count). The van der Waals surface area contributed by atoms with Crippen LogP contribution in [-0.4, -0.2) is 18.9 Å². The van der Waals surface area contributed by atoms with Crippen LogP contribution in [0.15, 0.2) is 12.1 Å². The number of benzene rings is 1. The smallest absolute Gasteiger partial charge is 0.310 e. The molecule has 17 heavy (non-hydrogen) atoms. The van der Waals surface area contributed by atoms with Gasteiger partial charge in [0.2, 0.25) is 0 Å². The number of nitrogens with zero attached hydrogens (tertiary/aromatic N) is 1. The minimum absolute atomic E-state index is 0.0118. The van der Waals surface area contributed by atoms with Crippen LogP contribution in [-0.2, 0) is 16.0 Å². The molecule has 0 aliphatic carbocycles. The van der Waals surface area contributed by atoms with Crippen LogP contribution in [0.3, 0.4) is 0 Å². The third kappa shape index (κ3) is 3.15. The summed E-state index contributed by atoms with van der Waals surface area (Å²) in [6.07, 6.45) is 0.725. The summed E-state index contributed by atoms with van der Waals surface area (Å²) in [5, 5.41) is 8.96. The van der Waals surface area contributed by atoms with Crippen molar-refractivity contribution in [2.45, 2.75) is 20.3 Å². The normalized spacial score (nSPS) is 9.47. The van der Waals surface area contributed by atoms with Crippen LogP contribution >= 0.6 is 0 Å². The fraction of sp³-hybridized carbons (Fsp3) is 0.308. The lowest BCUT2D eigenvalue weighted by atomic mass is 9.98. The van der Waals surface area contributed by atoms with E-state index in [0.717, 1.165) is 5.56 Å². The van der Waals surface area contributed by atoms with Gasteiger partial charge in [-0.25, -0.2) is 0 Å². The Hall–Kier alpha value is -2.15. The number of nitriles is 1. The number of carbonyl (C=O) groups excluding carboxylic acids is 2. The van der Waals surface area contributed by atoms with Gasteiger partial charge in [-0.2, -0.15) is 5.26 Å². The maximum absolute atomic E-state index is 11.3. The van der Waals surface area contributed by atoms with Crippen molar-refractivity contribution in [1.82, 2.24) is 0 Å². The van der Waals surface area contributed by atoms with E-state index in [0.29, 0.717) is 29.6 Å². The summed E-state index contributed by atoms with van der Waals surface area (Å²) in [6.45, 7) is 3.76. The summed E-state index contributed by atoms with van der Waals surface area (Å²) in [6, 6.07) is 5.19. The lowest BCUT2D eigenvalue weighted by Crippen LogP contribution is -2.09. The van der Waals surface area contributed by atoms with Crippen molar-refractivity contribution >= 4 is 12.3 Å². The predicted octanol–water partition coefficient (Wildman–Crippen LogP) is 1.78. The number of aldehydes is 1. The Morgan fingerprint density at radius 2 is 2.24 bits per heavy atom. The molecular formula is C13H13NO3. The lowest BCUT2D eigenvalue weighted by Gasteiger charge is -2.07. The van der Waals surface area contributed by atoms with Crippen LogP contribution in [0.1, 0.15) is 34.0 Å². The molecule has 0 heterocycles. The van der Waals surface area contributed by atoms with Crippen LogP contribution in [0, 0.1) is 18.3 Å². The second-order valence-electron chi connectivity index (χ2n) is 3.58. The van der Waals surface area contributed by atoms with Crippen molar-refractivity contribution in [2.24, 2.45) is 0 Å². The third-order valence-corrected chi connectivity index (χ3v) is 2.38. The summed E-state index contributed by atoms with van der Waals surface area (Å²) < 4.78 is 4.81. The zero-order valence-electron chi connectivity index (χ0n) is 9.82. The number of ether oxygens (including phenoxy) is 1. The molecule has 0 radical (unpaired) electrons. The molecule has 0 saturated heterocycles. The van der Waals surface area contributed by atoms with Crippen molar-refractivity contribution in [2.75, 3.05) is 6.61 Å². The number of rotatable bonds is 4. The first-order chi connectivity index (χ1) is 8.12. The summed E-state index contributed by atoms with van der Waals surface area (Å²) in [5.41, 5.74) is 2.15. The van der Waals surface area contributed by atoms with Gasteiger partial charge in [0.15, 0.2) is 0 Å². The average Bonchev–Trinajstić information content (AvgIpc) is 2.31. The molecule has 0 fully saturated rings. The molecule has 0 bridgehead atoms. The molecule has 4 heteroatoms. The number of hydrogen-bond acceptors (Lipinski definition) is 4. The monoisotopic (exact) mass is 231 g/mol. The van der Waals surface area contributed by atoms with Gasteiger partial charge in [0.1, 0.15) is 6.29 Å². The number of esters is 1. The topological polar surface area (TPSA) is 67.2 Å². The highest BCUT2D eigenvalue weighted by Crippen LogP contribution is 2.16. The molecule has 0 saturated carbocycles. The minimum Gasteiger partial charge on any atom is -0.466 e.